The minimum Gasteiger partial charge on any atom is -0.618 e. The lowest BCUT2D eigenvalue weighted by Crippen LogP contribution is -2.32. The fraction of sp³-hybridized carbons (Fsp3) is 0.0714. The van der Waals surface area contributed by atoms with Crippen molar-refractivity contribution in [3.8, 4) is 11.1 Å². The van der Waals surface area contributed by atoms with Crippen LogP contribution in [0.3, 0.4) is 0 Å². The molecule has 0 aliphatic carbocycles. The van der Waals surface area contributed by atoms with E-state index in [0.717, 1.165) is 16.7 Å². The molecule has 2 N–H and O–H groups in total. The van der Waals surface area contributed by atoms with E-state index in [2.05, 4.69) is 36.5 Å². The van der Waals surface area contributed by atoms with Gasteiger partial charge in [0.25, 0.3) is 0 Å². The van der Waals surface area contributed by atoms with E-state index in [4.69, 9.17) is 0 Å². The molecule has 3 aromatic carbocycles. The predicted octanol–water partition coefficient (Wildman–Crippen LogP) is 5.03. The van der Waals surface area contributed by atoms with Crippen molar-refractivity contribution in [2.24, 2.45) is 0 Å². The van der Waals surface area contributed by atoms with Crippen molar-refractivity contribution in [3.05, 3.63) is 131 Å². The number of nitrogens with zero attached hydrogens (tertiary/aromatic N) is 1. The van der Waals surface area contributed by atoms with Gasteiger partial charge in [-0.15, -0.1) is 0 Å². The first-order chi connectivity index (χ1) is 16.0. The Morgan fingerprint density at radius 1 is 0.939 bits per heavy atom. The quantitative estimate of drug-likeness (QED) is 0.253. The molecule has 1 aromatic heterocycles. The van der Waals surface area contributed by atoms with Crippen LogP contribution < -0.4 is 10.0 Å². The number of carbonyl (C=O) groups is 1. The Kier molecular flexibility index (Phi) is 6.62. The molecule has 0 aliphatic rings. The van der Waals surface area contributed by atoms with Crippen LogP contribution in [0.5, 0.6) is 0 Å². The highest BCUT2D eigenvalue weighted by atomic mass is 16.5. The smallest absolute Gasteiger partial charge is 0.248 e. The van der Waals surface area contributed by atoms with Crippen molar-refractivity contribution in [2.75, 3.05) is 5.32 Å². The molecule has 164 valence electrons. The van der Waals surface area contributed by atoms with Crippen molar-refractivity contribution in [1.29, 1.82) is 0 Å². The number of carbonyl (C=O) groups excluding carboxylic acids is 1. The summed E-state index contributed by atoms with van der Waals surface area (Å²) in [5.74, 6) is -0.260. The lowest BCUT2D eigenvalue weighted by molar-refractivity contribution is -0.617. The topological polar surface area (TPSA) is 76.3 Å². The number of aliphatic hydroxyl groups is 1. The standard InChI is InChI=1S/C28H24N2O3/c1-20-8-11-22(12-9-20)24-6-4-5-21(19-24)10-17-27(31)29-25-15-13-23(14-16-25)28(32)26-7-2-3-18-30(26)33/h2-19,28,32H,1H3,(H,29,31). The van der Waals surface area contributed by atoms with E-state index in [9.17, 15) is 15.1 Å². The average molecular weight is 437 g/mol. The normalized spacial score (nSPS) is 11.9. The number of benzene rings is 3. The second kappa shape index (κ2) is 9.94. The molecule has 1 amide bonds. The molecular formula is C28H24N2O3. The maximum atomic E-state index is 12.4. The number of anilines is 1. The lowest BCUT2D eigenvalue weighted by atomic mass is 10.0. The summed E-state index contributed by atoms with van der Waals surface area (Å²) in [7, 11) is 0. The highest BCUT2D eigenvalue weighted by Crippen LogP contribution is 2.22. The second-order valence-electron chi connectivity index (χ2n) is 7.79. The van der Waals surface area contributed by atoms with Gasteiger partial charge in [0.05, 0.1) is 0 Å². The van der Waals surface area contributed by atoms with E-state index in [0.29, 0.717) is 16.0 Å². The van der Waals surface area contributed by atoms with Gasteiger partial charge in [0, 0.05) is 23.9 Å². The average Bonchev–Trinajstić information content (AvgIpc) is 2.84. The minimum atomic E-state index is -1.05. The molecule has 1 unspecified atom stereocenters. The van der Waals surface area contributed by atoms with E-state index in [-0.39, 0.29) is 11.6 Å². The lowest BCUT2D eigenvalue weighted by Gasteiger charge is -2.11. The summed E-state index contributed by atoms with van der Waals surface area (Å²) in [5, 5.41) is 25.1. The second-order valence-corrected chi connectivity index (χ2v) is 7.79. The molecule has 0 saturated heterocycles. The zero-order valence-corrected chi connectivity index (χ0v) is 18.2. The van der Waals surface area contributed by atoms with Crippen LogP contribution in [0.2, 0.25) is 0 Å². The van der Waals surface area contributed by atoms with Crippen molar-refractivity contribution in [3.63, 3.8) is 0 Å². The van der Waals surface area contributed by atoms with Crippen LogP contribution in [0.15, 0.2) is 103 Å². The molecule has 0 saturated carbocycles. The third kappa shape index (κ3) is 5.53. The zero-order chi connectivity index (χ0) is 23.2. The summed E-state index contributed by atoms with van der Waals surface area (Å²) in [5.41, 5.74) is 5.75. The van der Waals surface area contributed by atoms with Crippen LogP contribution in [0.25, 0.3) is 17.2 Å². The number of amides is 1. The molecule has 5 heteroatoms. The van der Waals surface area contributed by atoms with Gasteiger partial charge in [-0.1, -0.05) is 60.2 Å². The Morgan fingerprint density at radius 3 is 2.42 bits per heavy atom. The van der Waals surface area contributed by atoms with Crippen molar-refractivity contribution in [1.82, 2.24) is 0 Å². The van der Waals surface area contributed by atoms with Gasteiger partial charge in [-0.3, -0.25) is 4.79 Å². The number of aliphatic hydroxyl groups excluding tert-OH is 1. The fourth-order valence-corrected chi connectivity index (χ4v) is 3.50. The number of aryl methyl sites for hydroxylation is 1. The Balaban J connectivity index is 1.40. The summed E-state index contributed by atoms with van der Waals surface area (Å²) in [6.07, 6.45) is 3.55. The summed E-state index contributed by atoms with van der Waals surface area (Å²) < 4.78 is 0.638. The SMILES string of the molecule is Cc1ccc(-c2cccc(C=CC(=O)Nc3ccc(C(O)c4cccc[n+]4[O-])cc3)c2)cc1. The van der Waals surface area contributed by atoms with E-state index >= 15 is 0 Å². The highest BCUT2D eigenvalue weighted by molar-refractivity contribution is 6.02. The van der Waals surface area contributed by atoms with Crippen molar-refractivity contribution < 1.29 is 14.6 Å². The van der Waals surface area contributed by atoms with Crippen LogP contribution in [-0.2, 0) is 4.79 Å². The summed E-state index contributed by atoms with van der Waals surface area (Å²) in [4.78, 5) is 12.4. The first kappa shape index (κ1) is 22.0. The van der Waals surface area contributed by atoms with Crippen LogP contribution >= 0.6 is 0 Å². The number of rotatable bonds is 6. The van der Waals surface area contributed by atoms with Gasteiger partial charge in [-0.25, -0.2) is 0 Å². The van der Waals surface area contributed by atoms with E-state index in [1.165, 1.54) is 17.8 Å². The first-order valence-electron chi connectivity index (χ1n) is 10.6. The predicted molar refractivity (Wildman–Crippen MR) is 130 cm³/mol. The molecule has 5 nitrogen and oxygen atoms in total. The molecule has 0 fully saturated rings. The Labute approximate surface area is 192 Å². The highest BCUT2D eigenvalue weighted by Gasteiger charge is 2.18. The van der Waals surface area contributed by atoms with E-state index < -0.39 is 6.10 Å². The zero-order valence-electron chi connectivity index (χ0n) is 18.2. The Hall–Kier alpha value is -4.22. The number of pyridine rings is 1. The van der Waals surface area contributed by atoms with Gasteiger partial charge in [-0.05, 0) is 59.5 Å². The van der Waals surface area contributed by atoms with Crippen LogP contribution in [0, 0.1) is 12.1 Å². The van der Waals surface area contributed by atoms with E-state index in [1.807, 2.05) is 24.3 Å². The van der Waals surface area contributed by atoms with Gasteiger partial charge in [-0.2, -0.15) is 4.73 Å². The van der Waals surface area contributed by atoms with Gasteiger partial charge in [0.15, 0.2) is 12.3 Å². The van der Waals surface area contributed by atoms with Gasteiger partial charge in [0.2, 0.25) is 11.6 Å². The van der Waals surface area contributed by atoms with E-state index in [1.54, 1.807) is 48.5 Å². The van der Waals surface area contributed by atoms with Gasteiger partial charge >= 0.3 is 0 Å². The molecule has 4 rings (SSSR count). The van der Waals surface area contributed by atoms with Crippen LogP contribution in [-0.4, -0.2) is 11.0 Å². The maximum absolute atomic E-state index is 12.4. The Bertz CT molecular complexity index is 1280. The van der Waals surface area contributed by atoms with Crippen molar-refractivity contribution >= 4 is 17.7 Å². The third-order valence-corrected chi connectivity index (χ3v) is 5.33. The number of nitrogens with one attached hydrogen (secondary N) is 1. The van der Waals surface area contributed by atoms with Gasteiger partial charge < -0.3 is 15.6 Å². The maximum Gasteiger partial charge on any atom is 0.248 e. The third-order valence-electron chi connectivity index (χ3n) is 5.33. The largest absolute Gasteiger partial charge is 0.618 e. The van der Waals surface area contributed by atoms with Crippen LogP contribution in [0.1, 0.15) is 28.5 Å². The molecule has 33 heavy (non-hydrogen) atoms. The fourth-order valence-electron chi connectivity index (χ4n) is 3.50. The molecule has 0 spiro atoms. The molecule has 1 heterocycles. The van der Waals surface area contributed by atoms with Crippen molar-refractivity contribution in [2.45, 2.75) is 13.0 Å². The molecule has 4 aromatic rings. The number of aromatic nitrogens is 1. The molecular weight excluding hydrogens is 412 g/mol. The number of hydrogen-bond acceptors (Lipinski definition) is 3. The molecule has 0 aliphatic heterocycles. The van der Waals surface area contributed by atoms with Crippen LogP contribution in [0.4, 0.5) is 5.69 Å². The Morgan fingerprint density at radius 2 is 1.70 bits per heavy atom. The molecule has 1 atom stereocenters. The summed E-state index contributed by atoms with van der Waals surface area (Å²) in [6.45, 7) is 2.06. The summed E-state index contributed by atoms with van der Waals surface area (Å²) >= 11 is 0. The monoisotopic (exact) mass is 436 g/mol. The summed E-state index contributed by atoms with van der Waals surface area (Å²) in [6, 6.07) is 28.0. The molecule has 0 radical (unpaired) electrons. The number of hydrogen-bond donors (Lipinski definition) is 2. The minimum absolute atomic E-state index is 0.241. The van der Waals surface area contributed by atoms with Gasteiger partial charge in [0.1, 0.15) is 0 Å². The first-order valence-corrected chi connectivity index (χ1v) is 10.6. The molecule has 0 bridgehead atoms.